The molecule has 0 unspecified atom stereocenters. The molecule has 148 valence electrons. The highest BCUT2D eigenvalue weighted by molar-refractivity contribution is 5.94. The maximum Gasteiger partial charge on any atom is 0.251 e. The fraction of sp³-hybridized carbons (Fsp3) is 0.240. The zero-order valence-corrected chi connectivity index (χ0v) is 16.7. The van der Waals surface area contributed by atoms with Crippen LogP contribution in [-0.2, 0) is 19.4 Å². The number of carbonyl (C=O) groups is 1. The number of nitrogens with zero attached hydrogens (tertiary/aromatic N) is 1. The van der Waals surface area contributed by atoms with Gasteiger partial charge in [-0.1, -0.05) is 36.4 Å². The largest absolute Gasteiger partial charge is 0.497 e. The third-order valence-electron chi connectivity index (χ3n) is 5.48. The lowest BCUT2D eigenvalue weighted by Crippen LogP contribution is -2.30. The molecule has 1 amide bonds. The fourth-order valence-corrected chi connectivity index (χ4v) is 3.75. The van der Waals surface area contributed by atoms with Crippen molar-refractivity contribution in [3.8, 4) is 5.75 Å². The van der Waals surface area contributed by atoms with E-state index in [0.29, 0.717) is 12.1 Å². The molecule has 0 bridgehead atoms. The zero-order chi connectivity index (χ0) is 20.1. The van der Waals surface area contributed by atoms with Gasteiger partial charge in [-0.2, -0.15) is 0 Å². The highest BCUT2D eigenvalue weighted by Gasteiger charge is 2.15. The Morgan fingerprint density at radius 3 is 2.41 bits per heavy atom. The number of rotatable bonds is 6. The number of benzene rings is 3. The number of ether oxygens (including phenoxy) is 1. The molecule has 0 saturated carbocycles. The minimum absolute atomic E-state index is 0.0590. The average molecular weight is 386 g/mol. The van der Waals surface area contributed by atoms with Crippen molar-refractivity contribution in [1.29, 1.82) is 0 Å². The maximum atomic E-state index is 12.2. The fourth-order valence-electron chi connectivity index (χ4n) is 3.75. The van der Waals surface area contributed by atoms with E-state index in [0.717, 1.165) is 31.7 Å². The molecule has 0 saturated heterocycles. The normalized spacial score (nSPS) is 12.9. The highest BCUT2D eigenvalue weighted by atomic mass is 16.5. The van der Waals surface area contributed by atoms with E-state index in [2.05, 4.69) is 58.7 Å². The molecule has 0 aliphatic carbocycles. The number of fused-ring (bicyclic) bond motifs is 1. The van der Waals surface area contributed by atoms with Gasteiger partial charge >= 0.3 is 0 Å². The van der Waals surface area contributed by atoms with E-state index in [1.165, 1.54) is 22.4 Å². The van der Waals surface area contributed by atoms with Crippen LogP contribution >= 0.6 is 0 Å². The van der Waals surface area contributed by atoms with Gasteiger partial charge in [-0.15, -0.1) is 0 Å². The van der Waals surface area contributed by atoms with Crippen LogP contribution in [0.5, 0.6) is 5.75 Å². The number of hydrogen-bond acceptors (Lipinski definition) is 3. The predicted molar refractivity (Wildman–Crippen MR) is 117 cm³/mol. The zero-order valence-electron chi connectivity index (χ0n) is 16.7. The first-order chi connectivity index (χ1) is 14.2. The molecule has 1 aliphatic rings. The van der Waals surface area contributed by atoms with Gasteiger partial charge in [0.1, 0.15) is 5.75 Å². The van der Waals surface area contributed by atoms with Crippen LogP contribution in [0.1, 0.15) is 27.0 Å². The van der Waals surface area contributed by atoms with Crippen LogP contribution in [0.4, 0.5) is 5.69 Å². The van der Waals surface area contributed by atoms with Crippen molar-refractivity contribution in [2.75, 3.05) is 25.1 Å². The van der Waals surface area contributed by atoms with E-state index < -0.39 is 0 Å². The predicted octanol–water partition coefficient (Wildman–Crippen LogP) is 4.23. The van der Waals surface area contributed by atoms with Crippen molar-refractivity contribution in [2.24, 2.45) is 0 Å². The monoisotopic (exact) mass is 386 g/mol. The summed E-state index contributed by atoms with van der Waals surface area (Å²) in [7, 11) is 1.62. The smallest absolute Gasteiger partial charge is 0.251 e. The van der Waals surface area contributed by atoms with Crippen molar-refractivity contribution in [3.63, 3.8) is 0 Å². The first-order valence-corrected chi connectivity index (χ1v) is 10.1. The number of hydrogen-bond donors (Lipinski definition) is 1. The summed E-state index contributed by atoms with van der Waals surface area (Å²) in [5.74, 6) is 0.690. The minimum atomic E-state index is -0.0590. The van der Waals surface area contributed by atoms with Crippen LogP contribution in [0.2, 0.25) is 0 Å². The lowest BCUT2D eigenvalue weighted by molar-refractivity contribution is 0.0954. The van der Waals surface area contributed by atoms with E-state index in [-0.39, 0.29) is 5.91 Å². The Kier molecular flexibility index (Phi) is 5.80. The van der Waals surface area contributed by atoms with Gasteiger partial charge in [0.2, 0.25) is 0 Å². The standard InChI is InChI=1S/C25H26N2O2/c1-29-24-12-8-21(9-13-24)25(28)26-16-14-19-6-10-23(11-7-19)27-17-15-20-4-2-3-5-22(20)18-27/h2-13H,14-18H2,1H3,(H,26,28). The number of nitrogens with one attached hydrogen (secondary N) is 1. The average Bonchev–Trinajstić information content (AvgIpc) is 2.79. The van der Waals surface area contributed by atoms with Crippen LogP contribution < -0.4 is 15.0 Å². The van der Waals surface area contributed by atoms with Gasteiger partial charge in [0, 0.05) is 30.9 Å². The molecule has 0 aromatic heterocycles. The van der Waals surface area contributed by atoms with Crippen LogP contribution in [0, 0.1) is 0 Å². The van der Waals surface area contributed by atoms with E-state index >= 15 is 0 Å². The molecule has 1 N–H and O–H groups in total. The Balaban J connectivity index is 1.29. The minimum Gasteiger partial charge on any atom is -0.497 e. The van der Waals surface area contributed by atoms with Crippen LogP contribution in [0.25, 0.3) is 0 Å². The van der Waals surface area contributed by atoms with Gasteiger partial charge in [0.05, 0.1) is 7.11 Å². The van der Waals surface area contributed by atoms with Crippen LogP contribution in [0.15, 0.2) is 72.8 Å². The lowest BCUT2D eigenvalue weighted by atomic mass is 9.99. The van der Waals surface area contributed by atoms with Crippen LogP contribution in [0.3, 0.4) is 0 Å². The molecule has 0 radical (unpaired) electrons. The molecule has 3 aromatic rings. The molecule has 0 atom stereocenters. The summed E-state index contributed by atoms with van der Waals surface area (Å²) in [6.45, 7) is 2.63. The van der Waals surface area contributed by atoms with Crippen LogP contribution in [-0.4, -0.2) is 26.1 Å². The first kappa shape index (κ1) is 19.1. The second kappa shape index (κ2) is 8.82. The topological polar surface area (TPSA) is 41.6 Å². The molecule has 0 fully saturated rings. The van der Waals surface area contributed by atoms with Gasteiger partial charge in [0.25, 0.3) is 5.91 Å². The summed E-state index contributed by atoms with van der Waals surface area (Å²) >= 11 is 0. The molecule has 0 spiro atoms. The first-order valence-electron chi connectivity index (χ1n) is 10.1. The molecule has 4 heteroatoms. The van der Waals surface area contributed by atoms with Crippen molar-refractivity contribution < 1.29 is 9.53 Å². The summed E-state index contributed by atoms with van der Waals surface area (Å²) in [5.41, 5.74) is 6.01. The van der Waals surface area contributed by atoms with Gasteiger partial charge in [-0.05, 0) is 65.9 Å². The Bertz CT molecular complexity index is 965. The Labute approximate surface area is 172 Å². The molecule has 1 heterocycles. The molecule has 4 rings (SSSR count). The Morgan fingerprint density at radius 1 is 0.966 bits per heavy atom. The molecule has 3 aromatic carbocycles. The van der Waals surface area contributed by atoms with E-state index in [1.54, 1.807) is 31.4 Å². The second-order valence-electron chi connectivity index (χ2n) is 7.34. The second-order valence-corrected chi connectivity index (χ2v) is 7.34. The van der Waals surface area contributed by atoms with Gasteiger partial charge < -0.3 is 15.0 Å². The van der Waals surface area contributed by atoms with E-state index in [9.17, 15) is 4.79 Å². The Morgan fingerprint density at radius 2 is 1.69 bits per heavy atom. The lowest BCUT2D eigenvalue weighted by Gasteiger charge is -2.30. The summed E-state index contributed by atoms with van der Waals surface area (Å²) in [6, 6.07) is 24.5. The summed E-state index contributed by atoms with van der Waals surface area (Å²) in [6.07, 6.45) is 1.90. The van der Waals surface area contributed by atoms with Crippen molar-refractivity contribution in [1.82, 2.24) is 5.32 Å². The number of amides is 1. The maximum absolute atomic E-state index is 12.2. The number of methoxy groups -OCH3 is 1. The van der Waals surface area contributed by atoms with Crippen molar-refractivity contribution in [3.05, 3.63) is 95.1 Å². The van der Waals surface area contributed by atoms with Crippen molar-refractivity contribution >= 4 is 11.6 Å². The third-order valence-corrected chi connectivity index (χ3v) is 5.48. The SMILES string of the molecule is COc1ccc(C(=O)NCCc2ccc(N3CCc4ccccc4C3)cc2)cc1. The summed E-state index contributed by atoms with van der Waals surface area (Å²) in [5, 5.41) is 2.98. The molecule has 1 aliphatic heterocycles. The van der Waals surface area contributed by atoms with Crippen molar-refractivity contribution in [2.45, 2.75) is 19.4 Å². The number of anilines is 1. The van der Waals surface area contributed by atoms with E-state index in [1.807, 2.05) is 0 Å². The van der Waals surface area contributed by atoms with Gasteiger partial charge in [0.15, 0.2) is 0 Å². The Hall–Kier alpha value is -3.27. The summed E-state index contributed by atoms with van der Waals surface area (Å²) < 4.78 is 5.12. The molecule has 29 heavy (non-hydrogen) atoms. The number of carbonyl (C=O) groups excluding carboxylic acids is 1. The third kappa shape index (κ3) is 4.60. The molecular formula is C25H26N2O2. The van der Waals surface area contributed by atoms with Gasteiger partial charge in [-0.3, -0.25) is 4.79 Å². The molecule has 4 nitrogen and oxygen atoms in total. The van der Waals surface area contributed by atoms with Gasteiger partial charge in [-0.25, -0.2) is 0 Å². The van der Waals surface area contributed by atoms with E-state index in [4.69, 9.17) is 4.74 Å². The highest BCUT2D eigenvalue weighted by Crippen LogP contribution is 2.24. The molecular weight excluding hydrogens is 360 g/mol. The summed E-state index contributed by atoms with van der Waals surface area (Å²) in [4.78, 5) is 14.7. The quantitative estimate of drug-likeness (QED) is 0.689.